The van der Waals surface area contributed by atoms with Gasteiger partial charge in [-0.3, -0.25) is 14.4 Å². The molecule has 1 aliphatic heterocycles. The fourth-order valence-electron chi connectivity index (χ4n) is 2.82. The third-order valence-corrected chi connectivity index (χ3v) is 4.52. The van der Waals surface area contributed by atoms with E-state index in [2.05, 4.69) is 12.2 Å². The summed E-state index contributed by atoms with van der Waals surface area (Å²) in [6, 6.07) is 0.196. The summed E-state index contributed by atoms with van der Waals surface area (Å²) < 4.78 is 0. The van der Waals surface area contributed by atoms with Crippen LogP contribution in [0.4, 0.5) is 0 Å². The van der Waals surface area contributed by atoms with Crippen LogP contribution >= 0.6 is 0 Å². The van der Waals surface area contributed by atoms with Crippen molar-refractivity contribution >= 4 is 17.7 Å². The van der Waals surface area contributed by atoms with Crippen LogP contribution in [0.5, 0.6) is 0 Å². The number of carbonyl (C=O) groups excluding carboxylic acids is 3. The average Bonchev–Trinajstić information content (AvgIpc) is 3.38. The van der Waals surface area contributed by atoms with Gasteiger partial charge >= 0.3 is 11.8 Å². The van der Waals surface area contributed by atoms with Gasteiger partial charge in [-0.15, -0.1) is 0 Å². The summed E-state index contributed by atoms with van der Waals surface area (Å²) in [4.78, 5) is 39.3. The number of piperazine rings is 1. The van der Waals surface area contributed by atoms with E-state index in [1.807, 2.05) is 4.90 Å². The Kier molecular flexibility index (Phi) is 6.86. The molecule has 0 spiro atoms. The summed E-state index contributed by atoms with van der Waals surface area (Å²) >= 11 is 0. The smallest absolute Gasteiger partial charge is 0.312 e. The molecular weight excluding hydrogens is 294 g/mol. The fourth-order valence-corrected chi connectivity index (χ4v) is 2.82. The second-order valence-corrected chi connectivity index (χ2v) is 6.58. The highest BCUT2D eigenvalue weighted by atomic mass is 16.2. The molecule has 6 heteroatoms. The van der Waals surface area contributed by atoms with Crippen LogP contribution in [0.25, 0.3) is 0 Å². The van der Waals surface area contributed by atoms with Gasteiger partial charge in [-0.25, -0.2) is 0 Å². The van der Waals surface area contributed by atoms with Crippen molar-refractivity contribution in [2.24, 2.45) is 0 Å². The first-order valence-corrected chi connectivity index (χ1v) is 8.99. The second kappa shape index (κ2) is 8.89. The van der Waals surface area contributed by atoms with Gasteiger partial charge in [0.05, 0.1) is 0 Å². The fraction of sp³-hybridized carbons (Fsp3) is 0.824. The first-order chi connectivity index (χ1) is 11.1. The lowest BCUT2D eigenvalue weighted by atomic mass is 10.1. The lowest BCUT2D eigenvalue weighted by Gasteiger charge is -2.34. The lowest BCUT2D eigenvalue weighted by Crippen LogP contribution is -2.54. The largest absolute Gasteiger partial charge is 0.345 e. The van der Waals surface area contributed by atoms with Crippen molar-refractivity contribution < 1.29 is 14.4 Å². The molecule has 23 heavy (non-hydrogen) atoms. The zero-order valence-corrected chi connectivity index (χ0v) is 14.2. The molecule has 0 unspecified atom stereocenters. The minimum atomic E-state index is -0.497. The molecular formula is C17H29N3O3. The molecule has 1 saturated heterocycles. The minimum Gasteiger partial charge on any atom is -0.345 e. The van der Waals surface area contributed by atoms with Crippen molar-refractivity contribution in [1.82, 2.24) is 15.1 Å². The summed E-state index contributed by atoms with van der Waals surface area (Å²) in [5, 5.41) is 2.72. The van der Waals surface area contributed by atoms with Gasteiger partial charge in [0.2, 0.25) is 5.91 Å². The number of amides is 3. The van der Waals surface area contributed by atoms with E-state index in [1.165, 1.54) is 19.3 Å². The highest BCUT2D eigenvalue weighted by Crippen LogP contribution is 2.18. The average molecular weight is 323 g/mol. The molecule has 3 amide bonds. The van der Waals surface area contributed by atoms with E-state index in [-0.39, 0.29) is 11.9 Å². The lowest BCUT2D eigenvalue weighted by molar-refractivity contribution is -0.148. The van der Waals surface area contributed by atoms with Crippen LogP contribution in [0.1, 0.15) is 58.3 Å². The van der Waals surface area contributed by atoms with E-state index in [9.17, 15) is 14.4 Å². The summed E-state index contributed by atoms with van der Waals surface area (Å²) in [5.41, 5.74) is 0. The van der Waals surface area contributed by atoms with Gasteiger partial charge in [0.1, 0.15) is 0 Å². The van der Waals surface area contributed by atoms with Crippen LogP contribution in [0.15, 0.2) is 0 Å². The normalized spacial score (nSPS) is 18.0. The number of nitrogens with one attached hydrogen (secondary N) is 1. The van der Waals surface area contributed by atoms with Crippen LogP contribution in [0.2, 0.25) is 0 Å². The Morgan fingerprint density at radius 2 is 1.52 bits per heavy atom. The van der Waals surface area contributed by atoms with Gasteiger partial charge < -0.3 is 15.1 Å². The van der Waals surface area contributed by atoms with Crippen LogP contribution in [0.3, 0.4) is 0 Å². The van der Waals surface area contributed by atoms with Crippen molar-refractivity contribution in [3.63, 3.8) is 0 Å². The molecule has 0 aromatic carbocycles. The van der Waals surface area contributed by atoms with Crippen molar-refractivity contribution in [3.8, 4) is 0 Å². The van der Waals surface area contributed by atoms with Crippen LogP contribution in [-0.4, -0.2) is 59.7 Å². The Bertz CT molecular complexity index is 427. The van der Waals surface area contributed by atoms with E-state index in [0.29, 0.717) is 32.6 Å². The first kappa shape index (κ1) is 17.8. The maximum Gasteiger partial charge on any atom is 0.312 e. The van der Waals surface area contributed by atoms with Gasteiger partial charge in [-0.05, 0) is 19.3 Å². The molecule has 130 valence electrons. The molecule has 1 N–H and O–H groups in total. The van der Waals surface area contributed by atoms with Gasteiger partial charge in [0.25, 0.3) is 0 Å². The van der Waals surface area contributed by atoms with E-state index >= 15 is 0 Å². The highest BCUT2D eigenvalue weighted by Gasteiger charge is 2.31. The standard InChI is InChI=1S/C17H29N3O3/c1-2-3-4-5-6-7-15(21)19-10-12-20(13-11-19)17(23)16(22)18-14-8-9-14/h14H,2-13H2,1H3,(H,18,22). The van der Waals surface area contributed by atoms with Gasteiger partial charge in [0.15, 0.2) is 0 Å². The predicted octanol–water partition coefficient (Wildman–Crippen LogP) is 1.30. The Labute approximate surface area is 138 Å². The Balaban J connectivity index is 1.63. The molecule has 1 saturated carbocycles. The molecule has 1 heterocycles. The molecule has 2 aliphatic rings. The van der Waals surface area contributed by atoms with Gasteiger partial charge in [0, 0.05) is 38.6 Å². The third-order valence-electron chi connectivity index (χ3n) is 4.52. The number of hydrogen-bond acceptors (Lipinski definition) is 3. The maximum atomic E-state index is 12.1. The summed E-state index contributed by atoms with van der Waals surface area (Å²) in [5.74, 6) is -0.775. The summed E-state index contributed by atoms with van der Waals surface area (Å²) in [6.07, 6.45) is 8.23. The van der Waals surface area contributed by atoms with Crippen molar-refractivity contribution in [3.05, 3.63) is 0 Å². The van der Waals surface area contributed by atoms with Gasteiger partial charge in [-0.2, -0.15) is 0 Å². The molecule has 2 fully saturated rings. The predicted molar refractivity (Wildman–Crippen MR) is 87.7 cm³/mol. The molecule has 0 atom stereocenters. The van der Waals surface area contributed by atoms with Crippen LogP contribution in [-0.2, 0) is 14.4 Å². The van der Waals surface area contributed by atoms with Crippen molar-refractivity contribution in [2.45, 2.75) is 64.3 Å². The van der Waals surface area contributed by atoms with Crippen LogP contribution < -0.4 is 5.32 Å². The van der Waals surface area contributed by atoms with Crippen LogP contribution in [0, 0.1) is 0 Å². The number of carbonyl (C=O) groups is 3. The maximum absolute atomic E-state index is 12.1. The number of unbranched alkanes of at least 4 members (excludes halogenated alkanes) is 4. The third kappa shape index (κ3) is 5.84. The van der Waals surface area contributed by atoms with Crippen molar-refractivity contribution in [2.75, 3.05) is 26.2 Å². The first-order valence-electron chi connectivity index (χ1n) is 8.99. The number of rotatable bonds is 7. The van der Waals surface area contributed by atoms with E-state index in [4.69, 9.17) is 0 Å². The monoisotopic (exact) mass is 323 g/mol. The Morgan fingerprint density at radius 1 is 0.913 bits per heavy atom. The molecule has 0 aromatic rings. The molecule has 1 aliphatic carbocycles. The van der Waals surface area contributed by atoms with E-state index < -0.39 is 11.8 Å². The highest BCUT2D eigenvalue weighted by molar-refractivity contribution is 6.35. The molecule has 0 bridgehead atoms. The topological polar surface area (TPSA) is 69.7 Å². The minimum absolute atomic E-state index is 0.177. The quantitative estimate of drug-likeness (QED) is 0.567. The molecule has 0 radical (unpaired) electrons. The molecule has 0 aromatic heterocycles. The molecule has 6 nitrogen and oxygen atoms in total. The SMILES string of the molecule is CCCCCCCC(=O)N1CCN(C(=O)C(=O)NC2CC2)CC1. The Morgan fingerprint density at radius 3 is 2.13 bits per heavy atom. The summed E-state index contributed by atoms with van der Waals surface area (Å²) in [7, 11) is 0. The van der Waals surface area contributed by atoms with E-state index in [0.717, 1.165) is 25.7 Å². The van der Waals surface area contributed by atoms with Crippen molar-refractivity contribution in [1.29, 1.82) is 0 Å². The number of nitrogens with zero attached hydrogens (tertiary/aromatic N) is 2. The van der Waals surface area contributed by atoms with E-state index in [1.54, 1.807) is 4.90 Å². The molecule has 2 rings (SSSR count). The summed E-state index contributed by atoms with van der Waals surface area (Å²) in [6.45, 7) is 4.17. The zero-order chi connectivity index (χ0) is 16.7. The zero-order valence-electron chi connectivity index (χ0n) is 14.2. The number of hydrogen-bond donors (Lipinski definition) is 1. The second-order valence-electron chi connectivity index (χ2n) is 6.58. The Hall–Kier alpha value is -1.59. The van der Waals surface area contributed by atoms with Gasteiger partial charge in [-0.1, -0.05) is 32.6 Å².